The molecule has 1 aromatic carbocycles. The van der Waals surface area contributed by atoms with Crippen LogP contribution < -0.4 is 0 Å². The minimum absolute atomic E-state index is 0.00356. The summed E-state index contributed by atoms with van der Waals surface area (Å²) < 4.78 is 14.0. The molecule has 9 nitrogen and oxygen atoms in total. The molecule has 3 unspecified atom stereocenters. The van der Waals surface area contributed by atoms with Gasteiger partial charge in [0.15, 0.2) is 0 Å². The number of nitrogens with zero attached hydrogens (tertiary/aromatic N) is 2. The van der Waals surface area contributed by atoms with Gasteiger partial charge in [-0.1, -0.05) is 40.2 Å². The zero-order valence-electron chi connectivity index (χ0n) is 24.0. The van der Waals surface area contributed by atoms with E-state index >= 15 is 0 Å². The summed E-state index contributed by atoms with van der Waals surface area (Å²) in [7, 11) is 0. The zero-order valence-corrected chi connectivity index (χ0v) is 24.0. The number of epoxide rings is 1. The van der Waals surface area contributed by atoms with Crippen LogP contribution in [0.4, 0.5) is 0 Å². The number of cyclic esters (lactones) is 1. The Morgan fingerprint density at radius 3 is 2.56 bits per heavy atom. The quantitative estimate of drug-likeness (QED) is 0.394. The number of esters is 1. The van der Waals surface area contributed by atoms with Crippen LogP contribution in [0.5, 0.6) is 0 Å². The Morgan fingerprint density at radius 2 is 1.87 bits per heavy atom. The standard InChI is InChI=1S/C30H44N2O7/c1-17-8-7-11-30(6)25(39-30)15-23(20-9-10-22-21(14-20)31-19(3)32(22)12-13-33)38-26(35)16-24(34)29(4,5)28(37)18(2)27(17)36/h9-10,14,17-18,23-25,27,33-34,36H,7-8,11-13,15-16H2,1-6H3/t17?,18?,23-,24?,25-,27-,30+/m0/s1. The van der Waals surface area contributed by atoms with Crippen LogP contribution in [0, 0.1) is 24.2 Å². The first-order valence-corrected chi connectivity index (χ1v) is 14.1. The molecule has 7 atom stereocenters. The monoisotopic (exact) mass is 544 g/mol. The van der Waals surface area contributed by atoms with Gasteiger partial charge < -0.3 is 29.4 Å². The predicted octanol–water partition coefficient (Wildman–Crippen LogP) is 3.63. The normalized spacial score (nSPS) is 34.5. The van der Waals surface area contributed by atoms with Gasteiger partial charge in [-0.05, 0) is 50.3 Å². The number of benzene rings is 1. The van der Waals surface area contributed by atoms with Crippen molar-refractivity contribution in [1.29, 1.82) is 0 Å². The molecule has 0 spiro atoms. The van der Waals surface area contributed by atoms with Gasteiger partial charge in [0.1, 0.15) is 17.7 Å². The summed E-state index contributed by atoms with van der Waals surface area (Å²) in [4.78, 5) is 31.1. The molecule has 1 aromatic heterocycles. The van der Waals surface area contributed by atoms with Gasteiger partial charge in [0.2, 0.25) is 0 Å². The van der Waals surface area contributed by atoms with Crippen molar-refractivity contribution in [3.8, 4) is 0 Å². The van der Waals surface area contributed by atoms with Crippen molar-refractivity contribution in [2.24, 2.45) is 17.3 Å². The number of fused-ring (bicyclic) bond motifs is 2. The van der Waals surface area contributed by atoms with Crippen molar-refractivity contribution in [1.82, 2.24) is 9.55 Å². The topological polar surface area (TPSA) is 134 Å². The molecule has 2 saturated heterocycles. The molecule has 2 fully saturated rings. The number of carbonyl (C=O) groups excluding carboxylic acids is 2. The number of ketones is 1. The third-order valence-electron chi connectivity index (χ3n) is 9.07. The molecular weight excluding hydrogens is 500 g/mol. The van der Waals surface area contributed by atoms with Crippen molar-refractivity contribution >= 4 is 22.8 Å². The fourth-order valence-electron chi connectivity index (χ4n) is 6.07. The van der Waals surface area contributed by atoms with Gasteiger partial charge in [-0.2, -0.15) is 0 Å². The molecule has 9 heteroatoms. The lowest BCUT2D eigenvalue weighted by molar-refractivity contribution is -0.156. The average Bonchev–Trinajstić information content (AvgIpc) is 3.41. The highest BCUT2D eigenvalue weighted by Gasteiger charge is 2.53. The van der Waals surface area contributed by atoms with E-state index in [2.05, 4.69) is 11.9 Å². The number of rotatable bonds is 3. The van der Waals surface area contributed by atoms with Crippen molar-refractivity contribution in [2.75, 3.05) is 6.61 Å². The van der Waals surface area contributed by atoms with E-state index < -0.39 is 35.6 Å². The van der Waals surface area contributed by atoms with Gasteiger partial charge in [-0.3, -0.25) is 9.59 Å². The lowest BCUT2D eigenvalue weighted by Crippen LogP contribution is -2.45. The number of aromatic nitrogens is 2. The van der Waals surface area contributed by atoms with E-state index in [9.17, 15) is 24.9 Å². The maximum Gasteiger partial charge on any atom is 0.309 e. The largest absolute Gasteiger partial charge is 0.457 e. The second-order valence-corrected chi connectivity index (χ2v) is 12.4. The van der Waals surface area contributed by atoms with Gasteiger partial charge >= 0.3 is 5.97 Å². The highest BCUT2D eigenvalue weighted by Crippen LogP contribution is 2.46. The molecule has 0 saturated carbocycles. The Hall–Kier alpha value is -2.33. The van der Waals surface area contributed by atoms with E-state index in [0.717, 1.165) is 41.7 Å². The maximum atomic E-state index is 13.3. The van der Waals surface area contributed by atoms with E-state index in [1.54, 1.807) is 20.8 Å². The summed E-state index contributed by atoms with van der Waals surface area (Å²) >= 11 is 0. The first kappa shape index (κ1) is 29.6. The van der Waals surface area contributed by atoms with Crippen LogP contribution in [0.15, 0.2) is 18.2 Å². The van der Waals surface area contributed by atoms with E-state index in [-0.39, 0.29) is 36.4 Å². The number of carbonyl (C=O) groups is 2. The highest BCUT2D eigenvalue weighted by atomic mass is 16.6. The van der Waals surface area contributed by atoms with Gasteiger partial charge in [-0.25, -0.2) is 4.98 Å². The molecule has 3 heterocycles. The first-order valence-electron chi connectivity index (χ1n) is 14.1. The summed E-state index contributed by atoms with van der Waals surface area (Å²) in [5, 5.41) is 31.3. The van der Waals surface area contributed by atoms with Crippen LogP contribution in [-0.4, -0.2) is 67.1 Å². The molecule has 0 bridgehead atoms. The van der Waals surface area contributed by atoms with Crippen molar-refractivity contribution in [3.05, 3.63) is 29.6 Å². The van der Waals surface area contributed by atoms with E-state index in [0.29, 0.717) is 13.0 Å². The van der Waals surface area contributed by atoms with E-state index in [1.165, 1.54) is 0 Å². The maximum absolute atomic E-state index is 13.3. The van der Waals surface area contributed by atoms with Crippen LogP contribution in [0.3, 0.4) is 0 Å². The molecule has 2 aliphatic heterocycles. The number of Topliss-reactive ketones (excluding diaryl/α,β-unsaturated/α-hetero) is 1. The SMILES string of the molecule is Cc1nc2cc([C@@H]3C[C@@H]4O[C@]4(C)CCCC(C)[C@H](O)C(C)C(=O)C(C)(C)C(O)CC(=O)O3)ccc2n1CCO. The van der Waals surface area contributed by atoms with Crippen LogP contribution >= 0.6 is 0 Å². The Kier molecular flexibility index (Phi) is 8.57. The molecule has 0 radical (unpaired) electrons. The van der Waals surface area contributed by atoms with Gasteiger partial charge in [-0.15, -0.1) is 0 Å². The molecule has 3 N–H and O–H groups in total. The fourth-order valence-corrected chi connectivity index (χ4v) is 6.07. The Labute approximate surface area is 230 Å². The smallest absolute Gasteiger partial charge is 0.309 e. The number of hydrogen-bond donors (Lipinski definition) is 3. The van der Waals surface area contributed by atoms with Crippen LogP contribution in [0.1, 0.15) is 84.2 Å². The second-order valence-electron chi connectivity index (χ2n) is 12.4. The molecular formula is C30H44N2O7. The third kappa shape index (κ3) is 6.06. The van der Waals surface area contributed by atoms with Crippen LogP contribution in [0.25, 0.3) is 11.0 Å². The Balaban J connectivity index is 1.63. The molecule has 2 aromatic rings. The molecule has 4 rings (SSSR count). The lowest BCUT2D eigenvalue weighted by Gasteiger charge is -2.34. The van der Waals surface area contributed by atoms with Crippen molar-refractivity contribution in [2.45, 2.75) is 110 Å². The second kappa shape index (κ2) is 11.3. The van der Waals surface area contributed by atoms with Gasteiger partial charge in [0.05, 0.1) is 53.4 Å². The van der Waals surface area contributed by atoms with E-state index in [4.69, 9.17) is 9.47 Å². The predicted molar refractivity (Wildman–Crippen MR) is 146 cm³/mol. The minimum Gasteiger partial charge on any atom is -0.457 e. The Bertz CT molecular complexity index is 1210. The van der Waals surface area contributed by atoms with E-state index in [1.807, 2.05) is 36.6 Å². The lowest BCUT2D eigenvalue weighted by atomic mass is 9.73. The van der Waals surface area contributed by atoms with Crippen LogP contribution in [-0.2, 0) is 25.6 Å². The molecule has 2 aliphatic rings. The summed E-state index contributed by atoms with van der Waals surface area (Å²) in [6.07, 6.45) is -0.333. The molecule has 0 amide bonds. The number of imidazole rings is 1. The third-order valence-corrected chi connectivity index (χ3v) is 9.07. The molecule has 39 heavy (non-hydrogen) atoms. The zero-order chi connectivity index (χ0) is 28.7. The molecule has 0 aliphatic carbocycles. The van der Waals surface area contributed by atoms with Crippen LogP contribution in [0.2, 0.25) is 0 Å². The molecule has 216 valence electrons. The van der Waals surface area contributed by atoms with Gasteiger partial charge in [0.25, 0.3) is 0 Å². The highest BCUT2D eigenvalue weighted by molar-refractivity contribution is 5.88. The summed E-state index contributed by atoms with van der Waals surface area (Å²) in [6.45, 7) is 11.3. The summed E-state index contributed by atoms with van der Waals surface area (Å²) in [5.74, 6) is -0.867. The van der Waals surface area contributed by atoms with Gasteiger partial charge in [0, 0.05) is 18.9 Å². The summed E-state index contributed by atoms with van der Waals surface area (Å²) in [5.41, 5.74) is 0.824. The average molecular weight is 545 g/mol. The number of ether oxygens (including phenoxy) is 2. The van der Waals surface area contributed by atoms with Crippen molar-refractivity contribution in [3.63, 3.8) is 0 Å². The first-order chi connectivity index (χ1) is 18.3. The summed E-state index contributed by atoms with van der Waals surface area (Å²) in [6, 6.07) is 5.73. The fraction of sp³-hybridized carbons (Fsp3) is 0.700. The number of aliphatic hydroxyl groups is 3. The number of aryl methyl sites for hydroxylation is 1. The Morgan fingerprint density at radius 1 is 1.15 bits per heavy atom. The van der Waals surface area contributed by atoms with Crippen molar-refractivity contribution < 1.29 is 34.4 Å². The number of hydrogen-bond acceptors (Lipinski definition) is 8. The number of aliphatic hydroxyl groups excluding tert-OH is 3. The minimum atomic E-state index is -1.27.